The van der Waals surface area contributed by atoms with E-state index < -0.39 is 0 Å². The Kier molecular flexibility index (Phi) is 5.37. The summed E-state index contributed by atoms with van der Waals surface area (Å²) in [6.07, 6.45) is 0. The molecule has 98 valence electrons. The monoisotopic (exact) mass is 285 g/mol. The van der Waals surface area contributed by atoms with E-state index in [2.05, 4.69) is 5.32 Å². The molecule has 1 aromatic carbocycles. The molecule has 0 aliphatic rings. The number of carbonyl (C=O) groups excluding carboxylic acids is 1. The van der Waals surface area contributed by atoms with Crippen LogP contribution in [0.1, 0.15) is 6.92 Å². The lowest BCUT2D eigenvalue weighted by molar-refractivity contribution is 0.220. The lowest BCUT2D eigenvalue weighted by atomic mass is 10.2. The van der Waals surface area contributed by atoms with Crippen LogP contribution in [-0.4, -0.2) is 29.5 Å². The predicted octanol–water partition coefficient (Wildman–Crippen LogP) is 2.73. The van der Waals surface area contributed by atoms with Crippen molar-refractivity contribution >= 4 is 40.5 Å². The summed E-state index contributed by atoms with van der Waals surface area (Å²) >= 11 is 10.8. The molecule has 4 nitrogen and oxygen atoms in total. The molecule has 1 rings (SSSR count). The number of hydrogen-bond acceptors (Lipinski definition) is 2. The minimum atomic E-state index is -0.244. The zero-order valence-corrected chi connectivity index (χ0v) is 11.9. The second-order valence-corrected chi connectivity index (χ2v) is 4.97. The lowest BCUT2D eigenvalue weighted by Gasteiger charge is -2.21. The summed E-state index contributed by atoms with van der Waals surface area (Å²) in [7, 11) is 1.68. The molecule has 0 radical (unpaired) electrons. The Morgan fingerprint density at radius 1 is 1.56 bits per heavy atom. The van der Waals surface area contributed by atoms with Crippen LogP contribution < -0.4 is 11.1 Å². The molecule has 0 aliphatic heterocycles. The van der Waals surface area contributed by atoms with E-state index >= 15 is 0 Å². The number of nitrogens with zero attached hydrogens (tertiary/aromatic N) is 1. The summed E-state index contributed by atoms with van der Waals surface area (Å²) in [5, 5.41) is 3.23. The van der Waals surface area contributed by atoms with Crippen LogP contribution in [0.15, 0.2) is 24.3 Å². The van der Waals surface area contributed by atoms with Gasteiger partial charge in [0, 0.05) is 19.5 Å². The van der Waals surface area contributed by atoms with Crippen LogP contribution in [0.5, 0.6) is 0 Å². The van der Waals surface area contributed by atoms with Crippen molar-refractivity contribution in [1.29, 1.82) is 0 Å². The highest BCUT2D eigenvalue weighted by molar-refractivity contribution is 7.80. The smallest absolute Gasteiger partial charge is 0.321 e. The molecule has 2 amide bonds. The third-order valence-corrected chi connectivity index (χ3v) is 3.23. The molecule has 6 heteroatoms. The molecule has 0 heterocycles. The largest absolute Gasteiger partial charge is 0.393 e. The van der Waals surface area contributed by atoms with Crippen LogP contribution in [-0.2, 0) is 0 Å². The van der Waals surface area contributed by atoms with Crippen LogP contribution in [0.25, 0.3) is 0 Å². The lowest BCUT2D eigenvalue weighted by Crippen LogP contribution is -2.37. The first-order valence-corrected chi connectivity index (χ1v) is 6.26. The molecule has 0 saturated heterocycles. The van der Waals surface area contributed by atoms with Crippen molar-refractivity contribution in [3.63, 3.8) is 0 Å². The number of amides is 2. The first kappa shape index (κ1) is 14.7. The van der Waals surface area contributed by atoms with Gasteiger partial charge in [-0.25, -0.2) is 4.79 Å². The number of carbonyl (C=O) groups is 1. The van der Waals surface area contributed by atoms with E-state index in [-0.39, 0.29) is 11.9 Å². The normalized spacial score (nSPS) is 11.7. The SMILES string of the molecule is CC(CN(C)C(=O)Nc1ccccc1Cl)C(N)=S. The van der Waals surface area contributed by atoms with E-state index in [1.165, 1.54) is 4.90 Å². The van der Waals surface area contributed by atoms with Gasteiger partial charge >= 0.3 is 6.03 Å². The van der Waals surface area contributed by atoms with Crippen molar-refractivity contribution in [3.8, 4) is 0 Å². The number of benzene rings is 1. The maximum atomic E-state index is 11.9. The average Bonchev–Trinajstić information content (AvgIpc) is 2.31. The molecule has 0 fully saturated rings. The van der Waals surface area contributed by atoms with Gasteiger partial charge in [-0.15, -0.1) is 0 Å². The van der Waals surface area contributed by atoms with E-state index in [1.54, 1.807) is 31.3 Å². The Labute approximate surface area is 117 Å². The van der Waals surface area contributed by atoms with Crippen LogP contribution >= 0.6 is 23.8 Å². The molecule has 3 N–H and O–H groups in total. The number of rotatable bonds is 4. The van der Waals surface area contributed by atoms with E-state index in [4.69, 9.17) is 29.6 Å². The summed E-state index contributed by atoms with van der Waals surface area (Å²) < 4.78 is 0. The van der Waals surface area contributed by atoms with Crippen LogP contribution in [0.3, 0.4) is 0 Å². The highest BCUT2D eigenvalue weighted by atomic mass is 35.5. The van der Waals surface area contributed by atoms with Gasteiger partial charge in [0.1, 0.15) is 0 Å². The van der Waals surface area contributed by atoms with E-state index in [9.17, 15) is 4.79 Å². The van der Waals surface area contributed by atoms with E-state index in [0.29, 0.717) is 22.2 Å². The first-order chi connectivity index (χ1) is 8.41. The van der Waals surface area contributed by atoms with Gasteiger partial charge in [0.05, 0.1) is 15.7 Å². The Hall–Kier alpha value is -1.33. The first-order valence-electron chi connectivity index (χ1n) is 5.47. The topological polar surface area (TPSA) is 58.4 Å². The summed E-state index contributed by atoms with van der Waals surface area (Å²) in [5.41, 5.74) is 6.10. The molecule has 0 bridgehead atoms. The van der Waals surface area contributed by atoms with Gasteiger partial charge in [0.25, 0.3) is 0 Å². The average molecular weight is 286 g/mol. The quantitative estimate of drug-likeness (QED) is 0.836. The number of anilines is 1. The van der Waals surface area contributed by atoms with Crippen LogP contribution in [0.2, 0.25) is 5.02 Å². The van der Waals surface area contributed by atoms with Crippen molar-refractivity contribution in [2.24, 2.45) is 11.7 Å². The maximum absolute atomic E-state index is 11.9. The summed E-state index contributed by atoms with van der Waals surface area (Å²) in [4.78, 5) is 13.8. The molecule has 1 unspecified atom stereocenters. The number of urea groups is 1. The number of para-hydroxylation sites is 1. The van der Waals surface area contributed by atoms with Gasteiger partial charge in [-0.2, -0.15) is 0 Å². The molecule has 1 atom stereocenters. The van der Waals surface area contributed by atoms with Crippen molar-refractivity contribution in [2.75, 3.05) is 18.9 Å². The summed E-state index contributed by atoms with van der Waals surface area (Å²) in [6.45, 7) is 2.34. The van der Waals surface area contributed by atoms with Gasteiger partial charge < -0.3 is 16.0 Å². The van der Waals surface area contributed by atoms with E-state index in [1.807, 2.05) is 6.92 Å². The molecule has 0 saturated carbocycles. The highest BCUT2D eigenvalue weighted by Crippen LogP contribution is 2.20. The van der Waals surface area contributed by atoms with Gasteiger partial charge in [-0.05, 0) is 12.1 Å². The van der Waals surface area contributed by atoms with Gasteiger partial charge in [0.15, 0.2) is 0 Å². The van der Waals surface area contributed by atoms with Crippen LogP contribution in [0.4, 0.5) is 10.5 Å². The number of nitrogens with two attached hydrogens (primary N) is 1. The number of thiocarbonyl (C=S) groups is 1. The Bertz CT molecular complexity index is 453. The second-order valence-electron chi connectivity index (χ2n) is 4.09. The molecule has 1 aromatic rings. The van der Waals surface area contributed by atoms with Gasteiger partial charge in [-0.1, -0.05) is 42.9 Å². The maximum Gasteiger partial charge on any atom is 0.321 e. The molecule has 0 aromatic heterocycles. The van der Waals surface area contributed by atoms with Crippen LogP contribution in [0, 0.1) is 5.92 Å². The Balaban J connectivity index is 2.61. The summed E-state index contributed by atoms with van der Waals surface area (Å²) in [6, 6.07) is 6.82. The fraction of sp³-hybridized carbons (Fsp3) is 0.333. The minimum Gasteiger partial charge on any atom is -0.393 e. The van der Waals surface area contributed by atoms with Crippen molar-refractivity contribution in [1.82, 2.24) is 4.90 Å². The van der Waals surface area contributed by atoms with Gasteiger partial charge in [-0.3, -0.25) is 0 Å². The fourth-order valence-corrected chi connectivity index (χ4v) is 1.61. The Morgan fingerprint density at radius 3 is 2.72 bits per heavy atom. The molecule has 18 heavy (non-hydrogen) atoms. The van der Waals surface area contributed by atoms with Crippen molar-refractivity contribution < 1.29 is 4.79 Å². The van der Waals surface area contributed by atoms with Gasteiger partial charge in [0.2, 0.25) is 0 Å². The van der Waals surface area contributed by atoms with Crippen molar-refractivity contribution in [3.05, 3.63) is 29.3 Å². The van der Waals surface area contributed by atoms with E-state index in [0.717, 1.165) is 0 Å². The third-order valence-electron chi connectivity index (χ3n) is 2.50. The molecular formula is C12H16ClN3OS. The minimum absolute atomic E-state index is 0.0259. The standard InChI is InChI=1S/C12H16ClN3OS/c1-8(11(14)18)7-16(2)12(17)15-10-6-4-3-5-9(10)13/h3-6,8H,7H2,1-2H3,(H2,14,18)(H,15,17). The fourth-order valence-electron chi connectivity index (χ4n) is 1.36. The number of halogens is 1. The zero-order chi connectivity index (χ0) is 13.7. The predicted molar refractivity (Wildman–Crippen MR) is 79.1 cm³/mol. The number of nitrogens with one attached hydrogen (secondary N) is 1. The Morgan fingerprint density at radius 2 is 2.17 bits per heavy atom. The molecule has 0 aliphatic carbocycles. The zero-order valence-electron chi connectivity index (χ0n) is 10.3. The number of hydrogen-bond donors (Lipinski definition) is 2. The second kappa shape index (κ2) is 6.56. The molecular weight excluding hydrogens is 270 g/mol. The molecule has 0 spiro atoms. The third kappa shape index (κ3) is 4.16. The highest BCUT2D eigenvalue weighted by Gasteiger charge is 2.14. The van der Waals surface area contributed by atoms with Crippen molar-refractivity contribution in [2.45, 2.75) is 6.92 Å². The summed E-state index contributed by atoms with van der Waals surface area (Å²) in [5.74, 6) is -0.0259.